The number of aromatic nitrogens is 3. The Balaban J connectivity index is 2.52. The van der Waals surface area contributed by atoms with Crippen LogP contribution in [0.3, 0.4) is 0 Å². The van der Waals surface area contributed by atoms with Crippen molar-refractivity contribution in [3.63, 3.8) is 0 Å². The third kappa shape index (κ3) is 1.94. The van der Waals surface area contributed by atoms with E-state index in [1.54, 1.807) is 6.20 Å². The van der Waals surface area contributed by atoms with Crippen molar-refractivity contribution in [1.82, 2.24) is 15.2 Å². The Morgan fingerprint density at radius 3 is 2.92 bits per heavy atom. The maximum Gasteiger partial charge on any atom is 0.182 e. The van der Waals surface area contributed by atoms with Gasteiger partial charge >= 0.3 is 0 Å². The van der Waals surface area contributed by atoms with Gasteiger partial charge in [-0.1, -0.05) is 11.3 Å². The number of rotatable bonds is 1. The van der Waals surface area contributed by atoms with Gasteiger partial charge in [-0.15, -0.1) is 10.2 Å². The van der Waals surface area contributed by atoms with Crippen molar-refractivity contribution >= 4 is 33.9 Å². The molecule has 0 aromatic carbocycles. The Hall–Kier alpha value is -0.760. The van der Waals surface area contributed by atoms with Crippen LogP contribution >= 0.6 is 33.9 Å². The van der Waals surface area contributed by atoms with Gasteiger partial charge in [0, 0.05) is 18.3 Å². The van der Waals surface area contributed by atoms with Crippen molar-refractivity contribution in [3.05, 3.63) is 31.6 Å². The minimum atomic E-state index is -0.0287. The molecule has 0 fully saturated rings. The average molecular weight is 305 g/mol. The molecule has 0 amide bonds. The average Bonchev–Trinajstić information content (AvgIpc) is 2.52. The minimum Gasteiger partial charge on any atom is -0.359 e. The molecule has 0 radical (unpaired) electrons. The summed E-state index contributed by atoms with van der Waals surface area (Å²) in [5.41, 5.74) is 0.687. The summed E-state index contributed by atoms with van der Waals surface area (Å²) in [6, 6.07) is 2.98. The van der Waals surface area contributed by atoms with Crippen molar-refractivity contribution in [2.75, 3.05) is 0 Å². The highest BCUT2D eigenvalue weighted by molar-refractivity contribution is 14.1. The number of H-pyrrole nitrogens is 1. The van der Waals surface area contributed by atoms with Gasteiger partial charge in [0.1, 0.15) is 0 Å². The van der Waals surface area contributed by atoms with Crippen LogP contribution in [0, 0.1) is 3.01 Å². The smallest absolute Gasteiger partial charge is 0.182 e. The second-order valence-electron chi connectivity index (χ2n) is 2.30. The molecule has 2 aromatic rings. The maximum absolute atomic E-state index is 11.0. The largest absolute Gasteiger partial charge is 0.359 e. The van der Waals surface area contributed by atoms with E-state index in [2.05, 4.69) is 37.8 Å². The fraction of sp³-hybridized carbons (Fsp3) is 0. The van der Waals surface area contributed by atoms with Crippen LogP contribution in [0.2, 0.25) is 0 Å². The molecule has 0 unspecified atom stereocenters. The minimum absolute atomic E-state index is 0.0287. The summed E-state index contributed by atoms with van der Waals surface area (Å²) < 4.78 is 0.859. The lowest BCUT2D eigenvalue weighted by molar-refractivity contribution is 1.06. The fourth-order valence-corrected chi connectivity index (χ4v) is 2.17. The molecule has 1 N–H and O–H groups in total. The summed E-state index contributed by atoms with van der Waals surface area (Å²) in [5, 5.41) is 8.51. The van der Waals surface area contributed by atoms with E-state index in [9.17, 15) is 4.79 Å². The van der Waals surface area contributed by atoms with Gasteiger partial charge in [-0.05, 0) is 22.6 Å². The van der Waals surface area contributed by atoms with Gasteiger partial charge in [-0.3, -0.25) is 4.79 Å². The monoisotopic (exact) mass is 305 g/mol. The zero-order valence-corrected chi connectivity index (χ0v) is 9.29. The third-order valence-electron chi connectivity index (χ3n) is 1.40. The summed E-state index contributed by atoms with van der Waals surface area (Å²) in [5.74, 6) is 0. The molecule has 2 rings (SSSR count). The topological polar surface area (TPSA) is 58.6 Å². The maximum atomic E-state index is 11.0. The van der Waals surface area contributed by atoms with Crippen molar-refractivity contribution in [2.45, 2.75) is 0 Å². The molecule has 2 heterocycles. The molecule has 0 aliphatic rings. The first kappa shape index (κ1) is 8.82. The van der Waals surface area contributed by atoms with Crippen LogP contribution in [0.1, 0.15) is 0 Å². The van der Waals surface area contributed by atoms with Crippen molar-refractivity contribution in [1.29, 1.82) is 0 Å². The van der Waals surface area contributed by atoms with Crippen LogP contribution < -0.4 is 5.43 Å². The normalized spacial score (nSPS) is 10.2. The number of nitrogens with zero attached hydrogens (tertiary/aromatic N) is 2. The van der Waals surface area contributed by atoms with Crippen molar-refractivity contribution in [3.8, 4) is 10.7 Å². The van der Waals surface area contributed by atoms with Gasteiger partial charge in [-0.25, -0.2) is 0 Å². The highest BCUT2D eigenvalue weighted by Gasteiger charge is 2.04. The molecule has 0 aliphatic carbocycles. The van der Waals surface area contributed by atoms with E-state index in [0.717, 1.165) is 8.02 Å². The number of pyridine rings is 1. The number of nitrogens with one attached hydrogen (secondary N) is 1. The Labute approximate surface area is 91.2 Å². The Bertz CT molecular complexity index is 478. The van der Waals surface area contributed by atoms with Gasteiger partial charge in [0.25, 0.3) is 0 Å². The van der Waals surface area contributed by atoms with E-state index in [1.807, 2.05) is 0 Å². The zero-order chi connectivity index (χ0) is 9.26. The Morgan fingerprint density at radius 2 is 2.31 bits per heavy atom. The highest BCUT2D eigenvalue weighted by atomic mass is 127. The number of hydrogen-bond acceptors (Lipinski definition) is 4. The molecule has 0 atom stereocenters. The van der Waals surface area contributed by atoms with E-state index in [1.165, 1.54) is 23.5 Å². The molecule has 0 saturated carbocycles. The predicted molar refractivity (Wildman–Crippen MR) is 58.7 cm³/mol. The van der Waals surface area contributed by atoms with Gasteiger partial charge in [0.2, 0.25) is 0 Å². The molecule has 13 heavy (non-hydrogen) atoms. The van der Waals surface area contributed by atoms with Crippen molar-refractivity contribution < 1.29 is 0 Å². The molecule has 4 nitrogen and oxygen atoms in total. The van der Waals surface area contributed by atoms with Gasteiger partial charge in [0.05, 0.1) is 5.69 Å². The summed E-state index contributed by atoms with van der Waals surface area (Å²) >= 11 is 3.53. The Morgan fingerprint density at radius 1 is 1.46 bits per heavy atom. The quantitative estimate of drug-likeness (QED) is 0.812. The van der Waals surface area contributed by atoms with Crippen LogP contribution in [0.5, 0.6) is 0 Å². The SMILES string of the molecule is O=c1cc[nH]c(-c2nnc(I)s2)c1. The first-order valence-corrected chi connectivity index (χ1v) is 5.33. The lowest BCUT2D eigenvalue weighted by Gasteiger charge is -1.91. The van der Waals surface area contributed by atoms with E-state index in [0.29, 0.717) is 5.69 Å². The predicted octanol–water partition coefficient (Wildman–Crippen LogP) is 1.50. The summed E-state index contributed by atoms with van der Waals surface area (Å²) in [4.78, 5) is 13.9. The lowest BCUT2D eigenvalue weighted by Crippen LogP contribution is -1.97. The van der Waals surface area contributed by atoms with Crippen LogP contribution in [-0.4, -0.2) is 15.2 Å². The van der Waals surface area contributed by atoms with E-state index < -0.39 is 0 Å². The second kappa shape index (κ2) is 3.54. The molecule has 2 aromatic heterocycles. The molecular formula is C7H4IN3OS. The molecule has 0 spiro atoms. The van der Waals surface area contributed by atoms with Crippen LogP contribution in [0.4, 0.5) is 0 Å². The van der Waals surface area contributed by atoms with E-state index in [-0.39, 0.29) is 5.43 Å². The van der Waals surface area contributed by atoms with Crippen LogP contribution in [0.25, 0.3) is 10.7 Å². The molecule has 0 saturated heterocycles. The van der Waals surface area contributed by atoms with Crippen LogP contribution in [0.15, 0.2) is 23.1 Å². The summed E-state index contributed by atoms with van der Waals surface area (Å²) in [6.45, 7) is 0. The van der Waals surface area contributed by atoms with E-state index >= 15 is 0 Å². The van der Waals surface area contributed by atoms with Gasteiger partial charge in [-0.2, -0.15) is 0 Å². The van der Waals surface area contributed by atoms with E-state index in [4.69, 9.17) is 0 Å². The molecular weight excluding hydrogens is 301 g/mol. The third-order valence-corrected chi connectivity index (χ3v) is 3.03. The summed E-state index contributed by atoms with van der Waals surface area (Å²) in [6.07, 6.45) is 1.60. The number of hydrogen-bond donors (Lipinski definition) is 1. The molecule has 66 valence electrons. The summed E-state index contributed by atoms with van der Waals surface area (Å²) in [7, 11) is 0. The standard InChI is InChI=1S/C7H4IN3OS/c8-7-11-10-6(13-7)5-3-4(12)1-2-9-5/h1-3H,(H,9,12). The molecule has 0 aliphatic heterocycles. The Kier molecular flexibility index (Phi) is 2.40. The molecule has 6 heteroatoms. The first-order chi connectivity index (χ1) is 6.25. The fourth-order valence-electron chi connectivity index (χ4n) is 0.883. The first-order valence-electron chi connectivity index (χ1n) is 3.44. The lowest BCUT2D eigenvalue weighted by atomic mass is 10.3. The zero-order valence-electron chi connectivity index (χ0n) is 6.32. The van der Waals surface area contributed by atoms with Crippen LogP contribution in [-0.2, 0) is 0 Å². The van der Waals surface area contributed by atoms with Gasteiger partial charge in [0.15, 0.2) is 13.5 Å². The van der Waals surface area contributed by atoms with Gasteiger partial charge < -0.3 is 4.98 Å². The van der Waals surface area contributed by atoms with Crippen molar-refractivity contribution in [2.24, 2.45) is 0 Å². The highest BCUT2D eigenvalue weighted by Crippen LogP contribution is 2.20. The number of aromatic amines is 1. The second-order valence-corrected chi connectivity index (χ2v) is 5.03. The number of halogens is 1. The molecule has 0 bridgehead atoms.